The Bertz CT molecular complexity index is 528. The van der Waals surface area contributed by atoms with Crippen molar-refractivity contribution < 1.29 is 13.2 Å². The highest BCUT2D eigenvalue weighted by atomic mass is 32.1. The van der Waals surface area contributed by atoms with Gasteiger partial charge in [0, 0.05) is 24.3 Å². The maximum atomic E-state index is 12.8. The Hall–Kier alpha value is -1.30. The summed E-state index contributed by atoms with van der Waals surface area (Å²) >= 11 is 4.93. The van der Waals surface area contributed by atoms with Gasteiger partial charge in [-0.3, -0.25) is 0 Å². The summed E-state index contributed by atoms with van der Waals surface area (Å²) in [4.78, 5) is 2.10. The number of alkyl halides is 3. The average molecular weight is 316 g/mol. The van der Waals surface area contributed by atoms with Crippen LogP contribution in [0.1, 0.15) is 37.3 Å². The number of halogens is 3. The lowest BCUT2D eigenvalue weighted by molar-refractivity contribution is -0.137. The summed E-state index contributed by atoms with van der Waals surface area (Å²) in [6.45, 7) is 3.84. The molecule has 1 heterocycles. The van der Waals surface area contributed by atoms with Crippen LogP contribution in [0, 0.1) is 5.92 Å². The molecule has 0 bridgehead atoms. The first-order valence-electron chi connectivity index (χ1n) is 7.09. The van der Waals surface area contributed by atoms with E-state index in [1.165, 1.54) is 6.07 Å². The van der Waals surface area contributed by atoms with Crippen LogP contribution in [0.4, 0.5) is 18.9 Å². The van der Waals surface area contributed by atoms with Gasteiger partial charge in [-0.2, -0.15) is 13.2 Å². The van der Waals surface area contributed by atoms with E-state index in [-0.39, 0.29) is 4.99 Å². The zero-order valence-electron chi connectivity index (χ0n) is 11.9. The Kier molecular flexibility index (Phi) is 4.76. The maximum Gasteiger partial charge on any atom is 0.416 e. The average Bonchev–Trinajstić information content (AvgIpc) is 2.86. The first-order chi connectivity index (χ1) is 9.82. The second kappa shape index (κ2) is 6.22. The van der Waals surface area contributed by atoms with Gasteiger partial charge in [0.2, 0.25) is 0 Å². The third kappa shape index (κ3) is 3.67. The zero-order chi connectivity index (χ0) is 15.6. The van der Waals surface area contributed by atoms with Crippen molar-refractivity contribution in [2.45, 2.75) is 32.4 Å². The quantitative estimate of drug-likeness (QED) is 0.852. The zero-order valence-corrected chi connectivity index (χ0v) is 12.7. The minimum atomic E-state index is -4.38. The van der Waals surface area contributed by atoms with Crippen molar-refractivity contribution >= 4 is 22.9 Å². The molecule has 0 saturated carbocycles. The second-order valence-electron chi connectivity index (χ2n) is 5.48. The third-order valence-electron chi connectivity index (χ3n) is 3.91. The van der Waals surface area contributed by atoms with E-state index in [9.17, 15) is 13.2 Å². The molecular weight excluding hydrogens is 297 g/mol. The van der Waals surface area contributed by atoms with Crippen LogP contribution in [0.15, 0.2) is 18.2 Å². The SMILES string of the molecule is CCCC1CCN(c2ccc(C(F)(F)F)cc2C(N)=S)C1. The number of nitrogens with two attached hydrogens (primary N) is 1. The van der Waals surface area contributed by atoms with Crippen molar-refractivity contribution in [2.75, 3.05) is 18.0 Å². The highest BCUT2D eigenvalue weighted by molar-refractivity contribution is 7.80. The summed E-state index contributed by atoms with van der Waals surface area (Å²) in [5, 5.41) is 0. The molecule has 1 fully saturated rings. The molecule has 0 spiro atoms. The van der Waals surface area contributed by atoms with Crippen molar-refractivity contribution in [2.24, 2.45) is 11.7 Å². The summed E-state index contributed by atoms with van der Waals surface area (Å²) in [7, 11) is 0. The van der Waals surface area contributed by atoms with Gasteiger partial charge in [-0.15, -0.1) is 0 Å². The van der Waals surface area contributed by atoms with Gasteiger partial charge in [-0.1, -0.05) is 25.6 Å². The normalized spacial score (nSPS) is 19.0. The van der Waals surface area contributed by atoms with Gasteiger partial charge in [0.05, 0.1) is 5.56 Å². The monoisotopic (exact) mass is 316 g/mol. The van der Waals surface area contributed by atoms with E-state index in [2.05, 4.69) is 11.8 Å². The van der Waals surface area contributed by atoms with Gasteiger partial charge in [0.1, 0.15) is 4.99 Å². The first-order valence-corrected chi connectivity index (χ1v) is 7.49. The summed E-state index contributed by atoms with van der Waals surface area (Å²) < 4.78 is 38.4. The fourth-order valence-corrected chi connectivity index (χ4v) is 3.04. The smallest absolute Gasteiger partial charge is 0.389 e. The standard InChI is InChI=1S/C15H19F3N2S/c1-2-3-10-6-7-20(9-10)13-5-4-11(15(16,17)18)8-12(13)14(19)21/h4-5,8,10H,2-3,6-7,9H2,1H3,(H2,19,21). The lowest BCUT2D eigenvalue weighted by Crippen LogP contribution is -2.24. The third-order valence-corrected chi connectivity index (χ3v) is 4.13. The molecule has 6 heteroatoms. The fraction of sp³-hybridized carbons (Fsp3) is 0.533. The Morgan fingerprint density at radius 1 is 1.43 bits per heavy atom. The Balaban J connectivity index is 2.30. The largest absolute Gasteiger partial charge is 0.416 e. The van der Waals surface area contributed by atoms with Crippen LogP contribution in [0.2, 0.25) is 0 Å². The van der Waals surface area contributed by atoms with Gasteiger partial charge in [-0.25, -0.2) is 0 Å². The van der Waals surface area contributed by atoms with Crippen LogP contribution in [0.25, 0.3) is 0 Å². The summed E-state index contributed by atoms with van der Waals surface area (Å²) in [6.07, 6.45) is -1.06. The van der Waals surface area contributed by atoms with E-state index in [4.69, 9.17) is 18.0 Å². The summed E-state index contributed by atoms with van der Waals surface area (Å²) in [5.41, 5.74) is 5.95. The first kappa shape index (κ1) is 16.1. The Labute approximate surface area is 128 Å². The molecule has 116 valence electrons. The fourth-order valence-electron chi connectivity index (χ4n) is 2.88. The number of thiocarbonyl (C=S) groups is 1. The molecule has 1 aliphatic rings. The molecule has 1 aromatic carbocycles. The van der Waals surface area contributed by atoms with Gasteiger partial charge >= 0.3 is 6.18 Å². The number of nitrogens with zero attached hydrogens (tertiary/aromatic N) is 1. The van der Waals surface area contributed by atoms with E-state index in [0.29, 0.717) is 17.2 Å². The molecule has 1 atom stereocenters. The van der Waals surface area contributed by atoms with Crippen LogP contribution in [-0.2, 0) is 6.18 Å². The van der Waals surface area contributed by atoms with Crippen molar-refractivity contribution in [1.29, 1.82) is 0 Å². The minimum absolute atomic E-state index is 0.00930. The molecule has 2 rings (SSSR count). The Morgan fingerprint density at radius 3 is 2.71 bits per heavy atom. The number of hydrogen-bond acceptors (Lipinski definition) is 2. The predicted molar refractivity (Wildman–Crippen MR) is 82.6 cm³/mol. The Morgan fingerprint density at radius 2 is 2.14 bits per heavy atom. The number of hydrogen-bond donors (Lipinski definition) is 1. The minimum Gasteiger partial charge on any atom is -0.389 e. The van der Waals surface area contributed by atoms with Crippen LogP contribution in [0.5, 0.6) is 0 Å². The topological polar surface area (TPSA) is 29.3 Å². The van der Waals surface area contributed by atoms with Crippen LogP contribution < -0.4 is 10.6 Å². The molecule has 1 saturated heterocycles. The van der Waals surface area contributed by atoms with Crippen molar-refractivity contribution in [3.63, 3.8) is 0 Å². The van der Waals surface area contributed by atoms with E-state index in [0.717, 1.165) is 44.5 Å². The summed E-state index contributed by atoms with van der Waals surface area (Å²) in [5.74, 6) is 0.594. The van der Waals surface area contributed by atoms with Crippen molar-refractivity contribution in [3.8, 4) is 0 Å². The lowest BCUT2D eigenvalue weighted by atomic mass is 10.0. The van der Waals surface area contributed by atoms with Gasteiger partial charge in [0.15, 0.2) is 0 Å². The van der Waals surface area contributed by atoms with Crippen molar-refractivity contribution in [3.05, 3.63) is 29.3 Å². The summed E-state index contributed by atoms with van der Waals surface area (Å²) in [6, 6.07) is 3.65. The van der Waals surface area contributed by atoms with Gasteiger partial charge in [-0.05, 0) is 37.0 Å². The molecule has 0 amide bonds. The van der Waals surface area contributed by atoms with E-state index in [1.54, 1.807) is 0 Å². The molecule has 21 heavy (non-hydrogen) atoms. The molecule has 1 unspecified atom stereocenters. The molecule has 0 aliphatic carbocycles. The number of rotatable bonds is 4. The van der Waals surface area contributed by atoms with E-state index >= 15 is 0 Å². The predicted octanol–water partition coefficient (Wildman–Crippen LogP) is 3.97. The van der Waals surface area contributed by atoms with E-state index < -0.39 is 11.7 Å². The van der Waals surface area contributed by atoms with Gasteiger partial charge in [0.25, 0.3) is 0 Å². The number of benzene rings is 1. The van der Waals surface area contributed by atoms with Crippen LogP contribution in [-0.4, -0.2) is 18.1 Å². The highest BCUT2D eigenvalue weighted by Crippen LogP contribution is 2.35. The van der Waals surface area contributed by atoms with Crippen LogP contribution in [0.3, 0.4) is 0 Å². The second-order valence-corrected chi connectivity index (χ2v) is 5.92. The maximum absolute atomic E-state index is 12.8. The van der Waals surface area contributed by atoms with E-state index in [1.807, 2.05) is 0 Å². The molecule has 0 aromatic heterocycles. The molecule has 0 radical (unpaired) electrons. The van der Waals surface area contributed by atoms with Crippen LogP contribution >= 0.6 is 12.2 Å². The van der Waals surface area contributed by atoms with Gasteiger partial charge < -0.3 is 10.6 Å². The molecule has 2 nitrogen and oxygen atoms in total. The molecule has 1 aromatic rings. The van der Waals surface area contributed by atoms with Crippen molar-refractivity contribution in [1.82, 2.24) is 0 Å². The molecule has 2 N–H and O–H groups in total. The number of anilines is 1. The molecule has 1 aliphatic heterocycles. The molecular formula is C15H19F3N2S. The highest BCUT2D eigenvalue weighted by Gasteiger charge is 2.32. The lowest BCUT2D eigenvalue weighted by Gasteiger charge is -2.23.